The maximum Gasteiger partial charge on any atom is 0.218 e. The van der Waals surface area contributed by atoms with Gasteiger partial charge >= 0.3 is 0 Å². The summed E-state index contributed by atoms with van der Waals surface area (Å²) in [7, 11) is 6.96. The lowest BCUT2D eigenvalue weighted by atomic mass is 10.4. The van der Waals surface area contributed by atoms with Crippen molar-refractivity contribution in [1.82, 2.24) is 4.90 Å². The summed E-state index contributed by atoms with van der Waals surface area (Å²) >= 11 is 0. The van der Waals surface area contributed by atoms with Crippen LogP contribution in [-0.4, -0.2) is 55.1 Å². The third-order valence-electron chi connectivity index (χ3n) is 5.78. The Morgan fingerprint density at radius 2 is 1.00 bits per heavy atom. The third-order valence-corrected chi connectivity index (χ3v) is 10.5. The van der Waals surface area contributed by atoms with Gasteiger partial charge in [0.2, 0.25) is 5.71 Å². The maximum absolute atomic E-state index is 2.39. The molecule has 3 heteroatoms. The van der Waals surface area contributed by atoms with Gasteiger partial charge in [0.15, 0.2) is 5.66 Å². The van der Waals surface area contributed by atoms with Gasteiger partial charge in [-0.1, -0.05) is 54.6 Å². The average Bonchev–Trinajstić information content (AvgIpc) is 3.48. The molecule has 0 radical (unpaired) electrons. The van der Waals surface area contributed by atoms with Gasteiger partial charge in [-0.05, 0) is 50.5 Å². The minimum Gasteiger partial charge on any atom is -0.294 e. The predicted octanol–water partition coefficient (Wildman–Crippen LogP) is 3.01. The number of hydrogen-bond acceptors (Lipinski definition) is 1. The van der Waals surface area contributed by atoms with Crippen LogP contribution in [0.2, 0.25) is 0 Å². The molecule has 142 valence electrons. The summed E-state index contributed by atoms with van der Waals surface area (Å²) in [4.78, 5) is 2.39. The van der Waals surface area contributed by atoms with E-state index >= 15 is 0 Å². The van der Waals surface area contributed by atoms with Crippen molar-refractivity contribution in [3.05, 3.63) is 91.0 Å². The monoisotopic (exact) mass is 388 g/mol. The average molecular weight is 388 g/mol. The van der Waals surface area contributed by atoms with Gasteiger partial charge < -0.3 is 0 Å². The molecule has 3 aromatic rings. The van der Waals surface area contributed by atoms with Gasteiger partial charge in [0, 0.05) is 0 Å². The van der Waals surface area contributed by atoms with E-state index in [1.807, 2.05) is 0 Å². The fraction of sp³-hybridized carbons (Fsp3) is 0.240. The Bertz CT molecular complexity index is 865. The topological polar surface area (TPSA) is 6.25 Å². The van der Waals surface area contributed by atoms with E-state index in [0.717, 1.165) is 0 Å². The number of rotatable bonds is 5. The first-order chi connectivity index (χ1) is 13.6. The molecule has 3 aromatic carbocycles. The van der Waals surface area contributed by atoms with Crippen molar-refractivity contribution >= 4 is 28.9 Å². The normalized spacial score (nSPS) is 19.0. The van der Waals surface area contributed by atoms with E-state index in [0.29, 0.717) is 11.7 Å². The second-order valence-corrected chi connectivity index (χ2v) is 11.5. The molecule has 0 N–H and O–H groups in total. The number of benzene rings is 3. The fourth-order valence-corrected chi connectivity index (χ4v) is 9.95. The first-order valence-corrected chi connectivity index (χ1v) is 11.7. The maximum atomic E-state index is 2.39. The van der Waals surface area contributed by atoms with Gasteiger partial charge in [0.1, 0.15) is 43.3 Å². The molecule has 2 unspecified atom stereocenters. The van der Waals surface area contributed by atoms with Crippen LogP contribution in [0.25, 0.3) is 0 Å². The molecular formula is C25H29N2P+2. The smallest absolute Gasteiger partial charge is 0.218 e. The highest BCUT2D eigenvalue weighted by Gasteiger charge is 2.73. The van der Waals surface area contributed by atoms with Gasteiger partial charge in [0.05, 0.1) is 0 Å². The van der Waals surface area contributed by atoms with Gasteiger partial charge in [-0.15, -0.1) is 0 Å². The van der Waals surface area contributed by atoms with Gasteiger partial charge in [-0.3, -0.25) is 4.90 Å². The van der Waals surface area contributed by atoms with Crippen molar-refractivity contribution in [1.29, 1.82) is 0 Å². The zero-order valence-electron chi connectivity index (χ0n) is 17.2. The Kier molecular flexibility index (Phi) is 5.19. The molecule has 0 aromatic heterocycles. The van der Waals surface area contributed by atoms with Crippen LogP contribution in [0.4, 0.5) is 0 Å². The molecular weight excluding hydrogens is 359 g/mol. The van der Waals surface area contributed by atoms with Crippen molar-refractivity contribution in [2.45, 2.75) is 11.7 Å². The van der Waals surface area contributed by atoms with Crippen LogP contribution in [0.5, 0.6) is 0 Å². The third kappa shape index (κ3) is 3.02. The van der Waals surface area contributed by atoms with Crippen LogP contribution in [0.1, 0.15) is 0 Å². The highest BCUT2D eigenvalue weighted by atomic mass is 31.2. The molecule has 0 heterocycles. The second-order valence-electron chi connectivity index (χ2n) is 7.90. The summed E-state index contributed by atoms with van der Waals surface area (Å²) in [5.74, 6) is 0. The van der Waals surface area contributed by atoms with Crippen molar-refractivity contribution in [3.8, 4) is 0 Å². The molecule has 2 atom stereocenters. The Morgan fingerprint density at radius 1 is 0.643 bits per heavy atom. The quantitative estimate of drug-likeness (QED) is 0.481. The zero-order chi connectivity index (χ0) is 19.7. The lowest BCUT2D eigenvalue weighted by Crippen LogP contribution is -2.37. The van der Waals surface area contributed by atoms with Crippen molar-refractivity contribution < 1.29 is 4.58 Å². The molecule has 0 amide bonds. The lowest BCUT2D eigenvalue weighted by molar-refractivity contribution is -0.462. The van der Waals surface area contributed by atoms with Crippen LogP contribution in [-0.2, 0) is 0 Å². The largest absolute Gasteiger partial charge is 0.294 e. The summed E-state index contributed by atoms with van der Waals surface area (Å²) < 4.78 is 2.35. The highest BCUT2D eigenvalue weighted by Crippen LogP contribution is 2.66. The van der Waals surface area contributed by atoms with E-state index in [1.54, 1.807) is 0 Å². The minimum absolute atomic E-state index is 0.462. The molecule has 2 nitrogen and oxygen atoms in total. The number of hydrogen-bond donors (Lipinski definition) is 0. The standard InChI is InChI=1S/C25H29N2P/c1-26(2)23-24(27(3)4)25(23)28(20-14-8-5-9-15-20,21-16-10-6-11-17-21)22-18-12-7-13-19-22/h5-19,23,25H,1-4H3/q+2. The molecule has 28 heavy (non-hydrogen) atoms. The van der Waals surface area contributed by atoms with Crippen LogP contribution >= 0.6 is 7.26 Å². The SMILES string of the molecule is CN(C)C1C(=[N+](C)C)C1[P+](c1ccccc1)(c1ccccc1)c1ccccc1. The molecule has 1 aliphatic rings. The summed E-state index contributed by atoms with van der Waals surface area (Å²) in [6.45, 7) is 0. The first-order valence-electron chi connectivity index (χ1n) is 9.84. The second kappa shape index (κ2) is 7.62. The van der Waals surface area contributed by atoms with E-state index in [4.69, 9.17) is 0 Å². The Labute approximate surface area is 169 Å². The van der Waals surface area contributed by atoms with Crippen molar-refractivity contribution in [3.63, 3.8) is 0 Å². The van der Waals surface area contributed by atoms with Crippen molar-refractivity contribution in [2.24, 2.45) is 0 Å². The fourth-order valence-electron chi connectivity index (χ4n) is 4.63. The lowest BCUT2D eigenvalue weighted by Gasteiger charge is -2.27. The molecule has 0 aliphatic heterocycles. The molecule has 0 saturated heterocycles. The van der Waals surface area contributed by atoms with E-state index in [-0.39, 0.29) is 0 Å². The highest BCUT2D eigenvalue weighted by molar-refractivity contribution is 7.97. The molecule has 4 rings (SSSR count). The summed E-state index contributed by atoms with van der Waals surface area (Å²) in [6, 6.07) is 34.0. The van der Waals surface area contributed by atoms with Crippen LogP contribution in [0.15, 0.2) is 91.0 Å². The van der Waals surface area contributed by atoms with E-state index < -0.39 is 7.26 Å². The van der Waals surface area contributed by atoms with E-state index in [9.17, 15) is 0 Å². The number of nitrogens with zero attached hydrogens (tertiary/aromatic N) is 2. The van der Waals surface area contributed by atoms with Gasteiger partial charge in [-0.2, -0.15) is 0 Å². The molecule has 1 aliphatic carbocycles. The van der Waals surface area contributed by atoms with Crippen LogP contribution in [0, 0.1) is 0 Å². The van der Waals surface area contributed by atoms with Gasteiger partial charge in [0.25, 0.3) is 0 Å². The van der Waals surface area contributed by atoms with Gasteiger partial charge in [-0.25, -0.2) is 4.58 Å². The van der Waals surface area contributed by atoms with Crippen LogP contribution < -0.4 is 15.9 Å². The Hall–Kier alpha value is -2.28. The molecule has 1 fully saturated rings. The molecule has 0 spiro atoms. The summed E-state index contributed by atoms with van der Waals surface area (Å²) in [6.07, 6.45) is 0. The van der Waals surface area contributed by atoms with E-state index in [1.165, 1.54) is 21.6 Å². The predicted molar refractivity (Wildman–Crippen MR) is 124 cm³/mol. The minimum atomic E-state index is -1.85. The molecule has 0 bridgehead atoms. The molecule has 1 saturated carbocycles. The summed E-state index contributed by atoms with van der Waals surface area (Å²) in [5.41, 5.74) is 2.03. The van der Waals surface area contributed by atoms with Crippen molar-refractivity contribution in [2.75, 3.05) is 28.2 Å². The van der Waals surface area contributed by atoms with Crippen LogP contribution in [0.3, 0.4) is 0 Å². The first kappa shape index (κ1) is 19.1. The Balaban J connectivity index is 2.08. The zero-order valence-corrected chi connectivity index (χ0v) is 18.1. The Morgan fingerprint density at radius 3 is 1.25 bits per heavy atom. The van der Waals surface area contributed by atoms with E-state index in [2.05, 4.69) is 129 Å². The summed E-state index contributed by atoms with van der Waals surface area (Å²) in [5, 5.41) is 4.38.